The number of piperazine rings is 1. The third-order valence-corrected chi connectivity index (χ3v) is 5.28. The lowest BCUT2D eigenvalue weighted by Crippen LogP contribution is -2.52. The van der Waals surface area contributed by atoms with Crippen LogP contribution in [-0.4, -0.2) is 66.4 Å². The molecule has 0 bridgehead atoms. The van der Waals surface area contributed by atoms with Gasteiger partial charge in [-0.05, 0) is 23.8 Å². The third kappa shape index (κ3) is 4.53. The standard InChI is InChI=1S/C22H27N7O/c1-23-22(24-15-17-5-3-6-18(13-17)21-25-16-26-27-21)29-11-9-28(10-12-29)19-7-4-8-20(14-19)30-2/h3-8,13-14,16H,9-12,15H2,1-2H3,(H,23,24)(H,25,26,27). The van der Waals surface area contributed by atoms with E-state index in [0.29, 0.717) is 6.54 Å². The molecule has 8 nitrogen and oxygen atoms in total. The van der Waals surface area contributed by atoms with E-state index in [1.165, 1.54) is 17.6 Å². The highest BCUT2D eigenvalue weighted by Crippen LogP contribution is 2.22. The summed E-state index contributed by atoms with van der Waals surface area (Å²) in [4.78, 5) is 13.4. The second-order valence-corrected chi connectivity index (χ2v) is 7.11. The van der Waals surface area contributed by atoms with Gasteiger partial charge in [0.15, 0.2) is 11.8 Å². The van der Waals surface area contributed by atoms with Crippen molar-refractivity contribution in [2.24, 2.45) is 4.99 Å². The van der Waals surface area contributed by atoms with Crippen molar-refractivity contribution in [1.82, 2.24) is 25.4 Å². The van der Waals surface area contributed by atoms with E-state index in [0.717, 1.165) is 49.3 Å². The third-order valence-electron chi connectivity index (χ3n) is 5.28. The minimum atomic E-state index is 0.699. The van der Waals surface area contributed by atoms with Gasteiger partial charge in [-0.15, -0.1) is 0 Å². The summed E-state index contributed by atoms with van der Waals surface area (Å²) in [5.74, 6) is 2.58. The smallest absolute Gasteiger partial charge is 0.194 e. The lowest BCUT2D eigenvalue weighted by atomic mass is 10.1. The first-order valence-electron chi connectivity index (χ1n) is 10.1. The van der Waals surface area contributed by atoms with Crippen LogP contribution < -0.4 is 15.0 Å². The number of hydrogen-bond acceptors (Lipinski definition) is 5. The molecule has 2 aromatic carbocycles. The minimum absolute atomic E-state index is 0.699. The molecule has 2 heterocycles. The first-order valence-corrected chi connectivity index (χ1v) is 10.1. The monoisotopic (exact) mass is 405 g/mol. The second kappa shape index (κ2) is 9.30. The van der Waals surface area contributed by atoms with Gasteiger partial charge in [-0.3, -0.25) is 10.1 Å². The van der Waals surface area contributed by atoms with Crippen LogP contribution in [0.5, 0.6) is 5.75 Å². The van der Waals surface area contributed by atoms with E-state index in [2.05, 4.69) is 59.6 Å². The molecule has 8 heteroatoms. The maximum absolute atomic E-state index is 5.35. The Balaban J connectivity index is 1.34. The van der Waals surface area contributed by atoms with Crippen LogP contribution in [0.2, 0.25) is 0 Å². The summed E-state index contributed by atoms with van der Waals surface area (Å²) in [6.45, 7) is 4.40. The number of nitrogens with zero attached hydrogens (tertiary/aromatic N) is 5. The predicted octanol–water partition coefficient (Wildman–Crippen LogP) is 2.38. The van der Waals surface area contributed by atoms with Gasteiger partial charge in [0.25, 0.3) is 0 Å². The van der Waals surface area contributed by atoms with Gasteiger partial charge in [0, 0.05) is 57.1 Å². The number of methoxy groups -OCH3 is 1. The van der Waals surface area contributed by atoms with Crippen LogP contribution in [0.4, 0.5) is 5.69 Å². The van der Waals surface area contributed by atoms with Gasteiger partial charge in [0.05, 0.1) is 7.11 Å². The Morgan fingerprint density at radius 3 is 2.70 bits per heavy atom. The van der Waals surface area contributed by atoms with E-state index in [1.807, 2.05) is 31.3 Å². The minimum Gasteiger partial charge on any atom is -0.497 e. The molecule has 0 unspecified atom stereocenters. The highest BCUT2D eigenvalue weighted by molar-refractivity contribution is 5.80. The van der Waals surface area contributed by atoms with Crippen LogP contribution in [0.3, 0.4) is 0 Å². The summed E-state index contributed by atoms with van der Waals surface area (Å²) in [6.07, 6.45) is 1.52. The SMILES string of the molecule is CN=C(NCc1cccc(-c2ncn[nH]2)c1)N1CCN(c2cccc(OC)c2)CC1. The number of aromatic nitrogens is 3. The van der Waals surface area contributed by atoms with Crippen molar-refractivity contribution in [3.8, 4) is 17.1 Å². The number of benzene rings is 2. The lowest BCUT2D eigenvalue weighted by molar-refractivity contribution is 0.372. The Morgan fingerprint density at radius 1 is 1.13 bits per heavy atom. The summed E-state index contributed by atoms with van der Waals surface area (Å²) >= 11 is 0. The molecule has 4 rings (SSSR count). The Kier molecular flexibility index (Phi) is 6.12. The summed E-state index contributed by atoms with van der Waals surface area (Å²) < 4.78 is 5.35. The van der Waals surface area contributed by atoms with E-state index in [9.17, 15) is 0 Å². The van der Waals surface area contributed by atoms with Crippen LogP contribution in [-0.2, 0) is 6.54 Å². The van der Waals surface area contributed by atoms with Crippen LogP contribution in [0.1, 0.15) is 5.56 Å². The Labute approximate surface area is 176 Å². The van der Waals surface area contributed by atoms with Crippen molar-refractivity contribution < 1.29 is 4.74 Å². The summed E-state index contributed by atoms with van der Waals surface area (Å²) in [5.41, 5.74) is 3.38. The van der Waals surface area contributed by atoms with E-state index < -0.39 is 0 Å². The maximum Gasteiger partial charge on any atom is 0.194 e. The molecular formula is C22H27N7O. The molecule has 1 aliphatic rings. The number of hydrogen-bond donors (Lipinski definition) is 2. The van der Waals surface area contributed by atoms with Gasteiger partial charge in [0.2, 0.25) is 0 Å². The van der Waals surface area contributed by atoms with Gasteiger partial charge in [-0.1, -0.05) is 24.3 Å². The molecule has 3 aromatic rings. The van der Waals surface area contributed by atoms with E-state index in [1.54, 1.807) is 7.11 Å². The highest BCUT2D eigenvalue weighted by atomic mass is 16.5. The van der Waals surface area contributed by atoms with E-state index >= 15 is 0 Å². The van der Waals surface area contributed by atoms with Crippen molar-refractivity contribution >= 4 is 11.6 Å². The lowest BCUT2D eigenvalue weighted by Gasteiger charge is -2.37. The molecule has 0 amide bonds. The molecule has 0 spiro atoms. The average Bonchev–Trinajstić information content (AvgIpc) is 3.35. The van der Waals surface area contributed by atoms with Gasteiger partial charge in [-0.25, -0.2) is 4.98 Å². The fraction of sp³-hybridized carbons (Fsp3) is 0.318. The normalized spacial score (nSPS) is 14.7. The van der Waals surface area contributed by atoms with Crippen molar-refractivity contribution in [2.75, 3.05) is 45.2 Å². The number of anilines is 1. The molecule has 1 aromatic heterocycles. The van der Waals surface area contributed by atoms with Crippen molar-refractivity contribution in [2.45, 2.75) is 6.54 Å². The first kappa shape index (κ1) is 19.8. The molecule has 1 aliphatic heterocycles. The fourth-order valence-corrected chi connectivity index (χ4v) is 3.67. The molecule has 1 saturated heterocycles. The van der Waals surface area contributed by atoms with Crippen LogP contribution in [0.25, 0.3) is 11.4 Å². The van der Waals surface area contributed by atoms with Gasteiger partial charge < -0.3 is 19.9 Å². The van der Waals surface area contributed by atoms with Crippen molar-refractivity contribution in [3.63, 3.8) is 0 Å². The topological polar surface area (TPSA) is 81.7 Å². The number of rotatable bonds is 5. The molecule has 156 valence electrons. The van der Waals surface area contributed by atoms with Crippen molar-refractivity contribution in [3.05, 3.63) is 60.4 Å². The number of ether oxygens (including phenoxy) is 1. The quantitative estimate of drug-likeness (QED) is 0.501. The van der Waals surface area contributed by atoms with E-state index in [4.69, 9.17) is 4.74 Å². The van der Waals surface area contributed by atoms with Gasteiger partial charge >= 0.3 is 0 Å². The zero-order valence-corrected chi connectivity index (χ0v) is 17.4. The van der Waals surface area contributed by atoms with Crippen LogP contribution in [0, 0.1) is 0 Å². The zero-order chi connectivity index (χ0) is 20.8. The van der Waals surface area contributed by atoms with Crippen LogP contribution >= 0.6 is 0 Å². The second-order valence-electron chi connectivity index (χ2n) is 7.11. The molecule has 30 heavy (non-hydrogen) atoms. The first-order chi connectivity index (χ1) is 14.8. The molecule has 0 atom stereocenters. The Bertz CT molecular complexity index is 979. The molecule has 2 N–H and O–H groups in total. The number of aromatic amines is 1. The highest BCUT2D eigenvalue weighted by Gasteiger charge is 2.20. The summed E-state index contributed by atoms with van der Waals surface area (Å²) in [5, 5.41) is 10.3. The number of H-pyrrole nitrogens is 1. The van der Waals surface area contributed by atoms with Crippen molar-refractivity contribution in [1.29, 1.82) is 0 Å². The summed E-state index contributed by atoms with van der Waals surface area (Å²) in [6, 6.07) is 16.5. The molecule has 0 saturated carbocycles. The molecule has 0 aliphatic carbocycles. The average molecular weight is 406 g/mol. The molecule has 1 fully saturated rings. The Morgan fingerprint density at radius 2 is 1.97 bits per heavy atom. The molecule has 0 radical (unpaired) electrons. The van der Waals surface area contributed by atoms with E-state index in [-0.39, 0.29) is 0 Å². The largest absolute Gasteiger partial charge is 0.497 e. The predicted molar refractivity (Wildman–Crippen MR) is 119 cm³/mol. The van der Waals surface area contributed by atoms with Gasteiger partial charge in [-0.2, -0.15) is 5.10 Å². The fourth-order valence-electron chi connectivity index (χ4n) is 3.67. The summed E-state index contributed by atoms with van der Waals surface area (Å²) in [7, 11) is 3.54. The number of nitrogens with one attached hydrogen (secondary N) is 2. The number of guanidine groups is 1. The number of aliphatic imine (C=N–C) groups is 1. The van der Waals surface area contributed by atoms with Crippen LogP contribution in [0.15, 0.2) is 59.9 Å². The van der Waals surface area contributed by atoms with Gasteiger partial charge in [0.1, 0.15) is 12.1 Å². The zero-order valence-electron chi connectivity index (χ0n) is 17.4. The maximum atomic E-state index is 5.35. The molecular weight excluding hydrogens is 378 g/mol. The Hall–Kier alpha value is -3.55.